The summed E-state index contributed by atoms with van der Waals surface area (Å²) in [5, 5.41) is 7.25. The SMILES string of the molecule is C\N=N/C=C\C=C/CC(C)C. The van der Waals surface area contributed by atoms with E-state index in [0.29, 0.717) is 0 Å². The fourth-order valence-corrected chi connectivity index (χ4v) is 0.584. The van der Waals surface area contributed by atoms with E-state index < -0.39 is 0 Å². The molecule has 0 aromatic carbocycles. The van der Waals surface area contributed by atoms with Crippen molar-refractivity contribution in [3.05, 3.63) is 24.4 Å². The van der Waals surface area contributed by atoms with Crippen LogP contribution in [-0.2, 0) is 0 Å². The number of rotatable bonds is 4. The zero-order chi connectivity index (χ0) is 8.53. The summed E-state index contributed by atoms with van der Waals surface area (Å²) >= 11 is 0. The average Bonchev–Trinajstić information content (AvgIpc) is 1.96. The van der Waals surface area contributed by atoms with E-state index in [2.05, 4.69) is 30.2 Å². The minimum absolute atomic E-state index is 0.729. The Morgan fingerprint density at radius 3 is 2.55 bits per heavy atom. The summed E-state index contributed by atoms with van der Waals surface area (Å²) in [6, 6.07) is 0. The molecule has 0 atom stereocenters. The van der Waals surface area contributed by atoms with Gasteiger partial charge in [-0.25, -0.2) is 0 Å². The van der Waals surface area contributed by atoms with Gasteiger partial charge in [0.15, 0.2) is 0 Å². The fraction of sp³-hybridized carbons (Fsp3) is 0.556. The van der Waals surface area contributed by atoms with Crippen molar-refractivity contribution in [2.45, 2.75) is 20.3 Å². The predicted octanol–water partition coefficient (Wildman–Crippen LogP) is 3.18. The van der Waals surface area contributed by atoms with Crippen molar-refractivity contribution in [1.29, 1.82) is 0 Å². The summed E-state index contributed by atoms with van der Waals surface area (Å²) in [6.45, 7) is 4.39. The van der Waals surface area contributed by atoms with Crippen LogP contribution in [0.4, 0.5) is 0 Å². The third-order valence-corrected chi connectivity index (χ3v) is 1.12. The largest absolute Gasteiger partial charge is 0.193 e. The fourth-order valence-electron chi connectivity index (χ4n) is 0.584. The average molecular weight is 152 g/mol. The normalized spacial score (nSPS) is 13.1. The third kappa shape index (κ3) is 9.08. The van der Waals surface area contributed by atoms with Crippen LogP contribution in [0.3, 0.4) is 0 Å². The third-order valence-electron chi connectivity index (χ3n) is 1.12. The number of hydrogen-bond acceptors (Lipinski definition) is 2. The lowest BCUT2D eigenvalue weighted by Crippen LogP contribution is -1.80. The molecule has 0 bridgehead atoms. The van der Waals surface area contributed by atoms with Crippen LogP contribution in [-0.4, -0.2) is 7.05 Å². The molecule has 0 saturated carbocycles. The molecule has 0 rings (SSSR count). The van der Waals surface area contributed by atoms with E-state index in [1.165, 1.54) is 0 Å². The first-order chi connectivity index (χ1) is 5.27. The highest BCUT2D eigenvalue weighted by atomic mass is 15.1. The highest BCUT2D eigenvalue weighted by Gasteiger charge is 1.84. The summed E-state index contributed by atoms with van der Waals surface area (Å²) in [5.41, 5.74) is 0. The van der Waals surface area contributed by atoms with Crippen LogP contribution in [0.25, 0.3) is 0 Å². The summed E-state index contributed by atoms with van der Waals surface area (Å²) in [6.07, 6.45) is 8.81. The molecule has 0 saturated heterocycles. The first kappa shape index (κ1) is 10.1. The quantitative estimate of drug-likeness (QED) is 0.436. The second kappa shape index (κ2) is 7.19. The number of azo groups is 1. The standard InChI is InChI=1S/C9H16N2/c1-9(2)7-5-4-6-8-11-10-3/h4-6,8-9H,7H2,1-3H3/b5-4-,8-6-,11-10-. The van der Waals surface area contributed by atoms with Gasteiger partial charge in [-0.05, 0) is 18.4 Å². The van der Waals surface area contributed by atoms with Crippen molar-refractivity contribution in [3.63, 3.8) is 0 Å². The highest BCUT2D eigenvalue weighted by Crippen LogP contribution is 1.99. The number of hydrogen-bond donors (Lipinski definition) is 0. The van der Waals surface area contributed by atoms with Crippen molar-refractivity contribution < 1.29 is 0 Å². The molecule has 0 radical (unpaired) electrons. The van der Waals surface area contributed by atoms with Gasteiger partial charge in [0, 0.05) is 13.2 Å². The Hall–Kier alpha value is -0.920. The minimum Gasteiger partial charge on any atom is -0.193 e. The molecule has 2 nitrogen and oxygen atoms in total. The molecule has 0 heterocycles. The van der Waals surface area contributed by atoms with Crippen LogP contribution in [0, 0.1) is 5.92 Å². The highest BCUT2D eigenvalue weighted by molar-refractivity contribution is 5.01. The molecule has 0 spiro atoms. The molecule has 0 aliphatic heterocycles. The molecule has 0 aromatic rings. The molecule has 0 aliphatic carbocycles. The Morgan fingerprint density at radius 1 is 1.27 bits per heavy atom. The maximum Gasteiger partial charge on any atom is 0.0491 e. The van der Waals surface area contributed by atoms with Gasteiger partial charge in [-0.3, -0.25) is 0 Å². The summed E-state index contributed by atoms with van der Waals surface area (Å²) < 4.78 is 0. The van der Waals surface area contributed by atoms with Gasteiger partial charge in [0.2, 0.25) is 0 Å². The zero-order valence-corrected chi connectivity index (χ0v) is 7.49. The van der Waals surface area contributed by atoms with Crippen molar-refractivity contribution in [2.24, 2.45) is 16.1 Å². The second-order valence-electron chi connectivity index (χ2n) is 2.71. The van der Waals surface area contributed by atoms with E-state index in [0.717, 1.165) is 12.3 Å². The van der Waals surface area contributed by atoms with Gasteiger partial charge in [-0.1, -0.05) is 26.0 Å². The van der Waals surface area contributed by atoms with E-state index in [9.17, 15) is 0 Å². The summed E-state index contributed by atoms with van der Waals surface area (Å²) in [5.74, 6) is 0.729. The van der Waals surface area contributed by atoms with E-state index in [1.54, 1.807) is 13.2 Å². The Balaban J connectivity index is 3.44. The first-order valence-corrected chi connectivity index (χ1v) is 3.88. The van der Waals surface area contributed by atoms with Crippen molar-refractivity contribution in [3.8, 4) is 0 Å². The first-order valence-electron chi connectivity index (χ1n) is 3.88. The van der Waals surface area contributed by atoms with E-state index in [1.807, 2.05) is 12.2 Å². The number of allylic oxidation sites excluding steroid dienone is 3. The van der Waals surface area contributed by atoms with Gasteiger partial charge in [-0.2, -0.15) is 10.2 Å². The topological polar surface area (TPSA) is 24.7 Å². The minimum atomic E-state index is 0.729. The van der Waals surface area contributed by atoms with Crippen LogP contribution in [0.2, 0.25) is 0 Å². The van der Waals surface area contributed by atoms with Gasteiger partial charge in [0.25, 0.3) is 0 Å². The van der Waals surface area contributed by atoms with Gasteiger partial charge in [-0.15, -0.1) is 0 Å². The van der Waals surface area contributed by atoms with Crippen LogP contribution in [0.5, 0.6) is 0 Å². The Morgan fingerprint density at radius 2 is 2.00 bits per heavy atom. The summed E-state index contributed by atoms with van der Waals surface area (Å²) in [4.78, 5) is 0. The van der Waals surface area contributed by atoms with Gasteiger partial charge in [0.05, 0.1) is 0 Å². The van der Waals surface area contributed by atoms with Gasteiger partial charge in [0.1, 0.15) is 0 Å². The lowest BCUT2D eigenvalue weighted by molar-refractivity contribution is 0.664. The molecular formula is C9H16N2. The lowest BCUT2D eigenvalue weighted by atomic mass is 10.1. The molecular weight excluding hydrogens is 136 g/mol. The van der Waals surface area contributed by atoms with Gasteiger partial charge < -0.3 is 0 Å². The van der Waals surface area contributed by atoms with Crippen molar-refractivity contribution in [2.75, 3.05) is 7.05 Å². The van der Waals surface area contributed by atoms with E-state index >= 15 is 0 Å². The predicted molar refractivity (Wildman–Crippen MR) is 48.5 cm³/mol. The number of nitrogens with zero attached hydrogens (tertiary/aromatic N) is 2. The molecule has 0 amide bonds. The molecule has 0 unspecified atom stereocenters. The van der Waals surface area contributed by atoms with Crippen molar-refractivity contribution in [1.82, 2.24) is 0 Å². The van der Waals surface area contributed by atoms with E-state index in [4.69, 9.17) is 0 Å². The van der Waals surface area contributed by atoms with Crippen molar-refractivity contribution >= 4 is 0 Å². The monoisotopic (exact) mass is 152 g/mol. The summed E-state index contributed by atoms with van der Waals surface area (Å²) in [7, 11) is 1.65. The molecule has 0 fully saturated rings. The molecule has 11 heavy (non-hydrogen) atoms. The van der Waals surface area contributed by atoms with E-state index in [-0.39, 0.29) is 0 Å². The molecule has 0 aliphatic rings. The maximum absolute atomic E-state index is 3.68. The van der Waals surface area contributed by atoms with Crippen LogP contribution in [0.15, 0.2) is 34.7 Å². The second-order valence-corrected chi connectivity index (χ2v) is 2.71. The van der Waals surface area contributed by atoms with Crippen LogP contribution >= 0.6 is 0 Å². The molecule has 2 heteroatoms. The molecule has 0 aromatic heterocycles. The molecule has 0 N–H and O–H groups in total. The lowest BCUT2D eigenvalue weighted by Gasteiger charge is -1.94. The Bertz CT molecular complexity index is 155. The molecule has 62 valence electrons. The Labute approximate surface area is 68.7 Å². The zero-order valence-electron chi connectivity index (χ0n) is 7.49. The van der Waals surface area contributed by atoms with Gasteiger partial charge >= 0.3 is 0 Å². The maximum atomic E-state index is 3.68. The van der Waals surface area contributed by atoms with Crippen LogP contribution < -0.4 is 0 Å². The van der Waals surface area contributed by atoms with Crippen LogP contribution in [0.1, 0.15) is 20.3 Å². The Kier molecular flexibility index (Phi) is 6.59. The smallest absolute Gasteiger partial charge is 0.0491 e.